The Kier molecular flexibility index (Phi) is 4.91. The highest BCUT2D eigenvalue weighted by atomic mass is 19.1. The van der Waals surface area contributed by atoms with Crippen molar-refractivity contribution in [2.45, 2.75) is 50.2 Å². The molecule has 2 heterocycles. The van der Waals surface area contributed by atoms with Gasteiger partial charge in [0, 0.05) is 30.8 Å². The molecule has 2 N–H and O–H groups in total. The van der Waals surface area contributed by atoms with Crippen LogP contribution < -0.4 is 15.5 Å². The molecule has 0 radical (unpaired) electrons. The Morgan fingerprint density at radius 3 is 2.39 bits per heavy atom. The van der Waals surface area contributed by atoms with Crippen molar-refractivity contribution in [3.8, 4) is 0 Å². The van der Waals surface area contributed by atoms with Gasteiger partial charge >= 0.3 is 6.09 Å². The first-order chi connectivity index (χ1) is 13.4. The minimum atomic E-state index is -1.01. The predicted octanol–water partition coefficient (Wildman–Crippen LogP) is 1.95. The maximum Gasteiger partial charge on any atom is 0.407 e. The first-order valence-electron chi connectivity index (χ1n) is 9.45. The molecule has 7 nitrogen and oxygen atoms in total. The number of ether oxygens (including phenoxy) is 1. The fourth-order valence-electron chi connectivity index (χ4n) is 3.68. The average molecular weight is 393 g/mol. The van der Waals surface area contributed by atoms with Crippen molar-refractivity contribution < 1.29 is 27.9 Å². The third-order valence-electron chi connectivity index (χ3n) is 5.55. The Bertz CT molecular complexity index is 798. The van der Waals surface area contributed by atoms with Crippen LogP contribution in [-0.2, 0) is 14.3 Å². The maximum absolute atomic E-state index is 14.6. The van der Waals surface area contributed by atoms with Crippen LogP contribution in [0.3, 0.4) is 0 Å². The average Bonchev–Trinajstić information content (AvgIpc) is 2.55. The van der Waals surface area contributed by atoms with E-state index in [1.807, 2.05) is 0 Å². The molecule has 3 aliphatic rings. The summed E-state index contributed by atoms with van der Waals surface area (Å²) in [6, 6.07) is 2.23. The van der Waals surface area contributed by atoms with Gasteiger partial charge in [0.2, 0.25) is 11.8 Å². The van der Waals surface area contributed by atoms with E-state index in [1.54, 1.807) is 4.90 Å². The smallest absolute Gasteiger partial charge is 0.407 e. The molecule has 2 saturated heterocycles. The lowest BCUT2D eigenvalue weighted by Crippen LogP contribution is -2.60. The Balaban J connectivity index is 1.37. The molecule has 9 heteroatoms. The maximum atomic E-state index is 14.6. The summed E-state index contributed by atoms with van der Waals surface area (Å²) in [4.78, 5) is 36.6. The third-order valence-corrected chi connectivity index (χ3v) is 5.55. The molecule has 0 aromatic heterocycles. The van der Waals surface area contributed by atoms with Gasteiger partial charge in [-0.2, -0.15) is 0 Å². The van der Waals surface area contributed by atoms with Crippen LogP contribution in [0.15, 0.2) is 12.1 Å². The van der Waals surface area contributed by atoms with Gasteiger partial charge in [-0.15, -0.1) is 0 Å². The molecule has 150 valence electrons. The normalized spacial score (nSPS) is 22.9. The largest absolute Gasteiger partial charge is 0.446 e. The molecular weight excluding hydrogens is 372 g/mol. The highest BCUT2D eigenvalue weighted by molar-refractivity contribution is 6.01. The lowest BCUT2D eigenvalue weighted by molar-refractivity contribution is -0.134. The summed E-state index contributed by atoms with van der Waals surface area (Å²) in [7, 11) is 0. The zero-order chi connectivity index (χ0) is 19.8. The number of rotatable bonds is 4. The molecule has 1 aromatic carbocycles. The van der Waals surface area contributed by atoms with Crippen molar-refractivity contribution in [1.82, 2.24) is 10.6 Å². The number of hydrogen-bond donors (Lipinski definition) is 2. The van der Waals surface area contributed by atoms with Crippen LogP contribution in [0.4, 0.5) is 19.3 Å². The van der Waals surface area contributed by atoms with Gasteiger partial charge in [0.25, 0.3) is 0 Å². The van der Waals surface area contributed by atoms with Crippen molar-refractivity contribution in [2.75, 3.05) is 18.0 Å². The zero-order valence-corrected chi connectivity index (χ0v) is 15.2. The van der Waals surface area contributed by atoms with Crippen LogP contribution >= 0.6 is 0 Å². The van der Waals surface area contributed by atoms with Gasteiger partial charge in [-0.25, -0.2) is 13.6 Å². The summed E-state index contributed by atoms with van der Waals surface area (Å²) in [6.07, 6.45) is 2.52. The van der Waals surface area contributed by atoms with E-state index in [0.717, 1.165) is 19.3 Å². The minimum absolute atomic E-state index is 0.000744. The number of hydrogen-bond acceptors (Lipinski definition) is 5. The Labute approximate surface area is 160 Å². The van der Waals surface area contributed by atoms with Crippen LogP contribution in [0.5, 0.6) is 0 Å². The van der Waals surface area contributed by atoms with Crippen LogP contribution in [0.25, 0.3) is 0 Å². The van der Waals surface area contributed by atoms with Crippen LogP contribution in [0.1, 0.15) is 43.6 Å². The number of nitrogens with zero attached hydrogens (tertiary/aromatic N) is 1. The van der Waals surface area contributed by atoms with Crippen molar-refractivity contribution in [2.24, 2.45) is 0 Å². The first-order valence-corrected chi connectivity index (χ1v) is 9.45. The van der Waals surface area contributed by atoms with Crippen LogP contribution in [0, 0.1) is 11.6 Å². The number of carbonyl (C=O) groups is 3. The van der Waals surface area contributed by atoms with E-state index < -0.39 is 35.5 Å². The summed E-state index contributed by atoms with van der Waals surface area (Å²) in [5.74, 6) is -3.76. The Morgan fingerprint density at radius 1 is 1.14 bits per heavy atom. The van der Waals surface area contributed by atoms with Crippen LogP contribution in [-0.4, -0.2) is 43.1 Å². The number of benzene rings is 1. The summed E-state index contributed by atoms with van der Waals surface area (Å²) < 4.78 is 34.3. The molecule has 1 atom stereocenters. The summed E-state index contributed by atoms with van der Waals surface area (Å²) >= 11 is 0. The number of alkyl carbamates (subject to hydrolysis) is 1. The monoisotopic (exact) mass is 393 g/mol. The summed E-state index contributed by atoms with van der Waals surface area (Å²) in [5, 5.41) is 4.86. The SMILES string of the molecule is O=C1CCC(c2c(F)cc(N3CC(NC(=O)OC4CCC4)C3)cc2F)C(=O)N1. The van der Waals surface area contributed by atoms with Gasteiger partial charge in [-0.05, 0) is 37.8 Å². The van der Waals surface area contributed by atoms with Crippen molar-refractivity contribution in [1.29, 1.82) is 0 Å². The van der Waals surface area contributed by atoms with E-state index in [1.165, 1.54) is 12.1 Å². The van der Waals surface area contributed by atoms with Crippen molar-refractivity contribution in [3.05, 3.63) is 29.3 Å². The van der Waals surface area contributed by atoms with Gasteiger partial charge in [0.1, 0.15) is 17.7 Å². The van der Waals surface area contributed by atoms with Gasteiger partial charge in [-0.1, -0.05) is 0 Å². The first kappa shape index (κ1) is 18.6. The fraction of sp³-hybridized carbons (Fsp3) is 0.526. The van der Waals surface area contributed by atoms with E-state index >= 15 is 0 Å². The van der Waals surface area contributed by atoms with E-state index in [0.29, 0.717) is 18.8 Å². The molecule has 3 fully saturated rings. The lowest BCUT2D eigenvalue weighted by atomic mass is 9.89. The van der Waals surface area contributed by atoms with E-state index in [-0.39, 0.29) is 30.6 Å². The molecule has 1 saturated carbocycles. The topological polar surface area (TPSA) is 87.7 Å². The highest BCUT2D eigenvalue weighted by Crippen LogP contribution is 2.33. The molecule has 1 unspecified atom stereocenters. The number of nitrogens with one attached hydrogen (secondary N) is 2. The number of piperidine rings is 1. The quantitative estimate of drug-likeness (QED) is 0.764. The lowest BCUT2D eigenvalue weighted by Gasteiger charge is -2.41. The molecule has 0 spiro atoms. The van der Waals surface area contributed by atoms with Crippen LogP contribution in [0.2, 0.25) is 0 Å². The molecule has 1 aromatic rings. The van der Waals surface area contributed by atoms with Gasteiger partial charge in [0.15, 0.2) is 0 Å². The second kappa shape index (κ2) is 7.37. The second-order valence-electron chi connectivity index (χ2n) is 7.53. The van der Waals surface area contributed by atoms with E-state index in [9.17, 15) is 23.2 Å². The fourth-order valence-corrected chi connectivity index (χ4v) is 3.68. The number of carbonyl (C=O) groups excluding carboxylic acids is 3. The number of imide groups is 1. The van der Waals surface area contributed by atoms with Gasteiger partial charge in [0.05, 0.1) is 12.0 Å². The number of halogens is 2. The van der Waals surface area contributed by atoms with E-state index in [2.05, 4.69) is 10.6 Å². The van der Waals surface area contributed by atoms with Crippen molar-refractivity contribution in [3.63, 3.8) is 0 Å². The highest BCUT2D eigenvalue weighted by Gasteiger charge is 2.35. The third kappa shape index (κ3) is 3.65. The molecule has 1 aliphatic carbocycles. The van der Waals surface area contributed by atoms with E-state index in [4.69, 9.17) is 4.74 Å². The summed E-state index contributed by atoms with van der Waals surface area (Å²) in [6.45, 7) is 0.826. The molecule has 28 heavy (non-hydrogen) atoms. The molecule has 0 bridgehead atoms. The standard InChI is InChI=1S/C19H21F2N3O4/c20-14-6-11(7-15(21)17(14)13-4-5-16(25)23-18(13)26)24-8-10(9-24)22-19(27)28-12-2-1-3-12/h6-7,10,12-13H,1-5,8-9H2,(H,22,27)(H,23,25,26). The zero-order valence-electron chi connectivity index (χ0n) is 15.2. The summed E-state index contributed by atoms with van der Waals surface area (Å²) in [5.41, 5.74) is 0.0319. The van der Waals surface area contributed by atoms with Crippen molar-refractivity contribution >= 4 is 23.6 Å². The Hall–Kier alpha value is -2.71. The molecule has 3 amide bonds. The Morgan fingerprint density at radius 2 is 1.82 bits per heavy atom. The molecule has 2 aliphatic heterocycles. The minimum Gasteiger partial charge on any atom is -0.446 e. The number of amides is 3. The number of anilines is 1. The molecule has 4 rings (SSSR count). The molecular formula is C19H21F2N3O4. The van der Waals surface area contributed by atoms with Gasteiger partial charge < -0.3 is 15.0 Å². The second-order valence-corrected chi connectivity index (χ2v) is 7.53. The van der Waals surface area contributed by atoms with Gasteiger partial charge in [-0.3, -0.25) is 14.9 Å². The predicted molar refractivity (Wildman–Crippen MR) is 94.7 cm³/mol.